The predicted molar refractivity (Wildman–Crippen MR) is 93.9 cm³/mol. The van der Waals surface area contributed by atoms with Crippen LogP contribution in [0.1, 0.15) is 46.9 Å². The van der Waals surface area contributed by atoms with E-state index in [-0.39, 0.29) is 17.4 Å². The van der Waals surface area contributed by atoms with Crippen LogP contribution in [0.15, 0.2) is 48.7 Å². The lowest BCUT2D eigenvalue weighted by atomic mass is 9.74. The Hall–Kier alpha value is -2.20. The fourth-order valence-corrected chi connectivity index (χ4v) is 4.40. The highest BCUT2D eigenvalue weighted by molar-refractivity contribution is 5.92. The lowest BCUT2D eigenvalue weighted by Crippen LogP contribution is -2.39. The monoisotopic (exact) mass is 321 g/mol. The highest BCUT2D eigenvalue weighted by Gasteiger charge is 2.46. The van der Waals surface area contributed by atoms with Gasteiger partial charge in [-0.3, -0.25) is 9.78 Å². The molecule has 0 saturated carbocycles. The summed E-state index contributed by atoms with van der Waals surface area (Å²) in [5.41, 5.74) is 3.48. The van der Waals surface area contributed by atoms with Gasteiger partial charge in [0, 0.05) is 18.7 Å². The molecule has 4 nitrogen and oxygen atoms in total. The van der Waals surface area contributed by atoms with Crippen molar-refractivity contribution >= 4 is 5.91 Å². The minimum atomic E-state index is 0.00128. The Morgan fingerprint density at radius 3 is 2.67 bits per heavy atom. The first-order chi connectivity index (χ1) is 11.7. The normalized spacial score (nSPS) is 21.5. The Kier molecular flexibility index (Phi) is 3.85. The van der Waals surface area contributed by atoms with E-state index < -0.39 is 0 Å². The van der Waals surface area contributed by atoms with E-state index in [0.717, 1.165) is 32.4 Å². The van der Waals surface area contributed by atoms with E-state index >= 15 is 0 Å². The average Bonchev–Trinajstić information content (AvgIpc) is 2.96. The van der Waals surface area contributed by atoms with Crippen LogP contribution in [0.4, 0.5) is 0 Å². The summed E-state index contributed by atoms with van der Waals surface area (Å²) in [7, 11) is 1.92. The summed E-state index contributed by atoms with van der Waals surface area (Å²) in [5.74, 6) is 0.00128. The number of hydrogen-bond acceptors (Lipinski definition) is 3. The van der Waals surface area contributed by atoms with Crippen molar-refractivity contribution < 1.29 is 4.79 Å². The Morgan fingerprint density at radius 2 is 1.92 bits per heavy atom. The lowest BCUT2D eigenvalue weighted by Gasteiger charge is -2.36. The van der Waals surface area contributed by atoms with Gasteiger partial charge in [0.2, 0.25) is 0 Å². The molecule has 4 rings (SSSR count). The van der Waals surface area contributed by atoms with Gasteiger partial charge in [-0.25, -0.2) is 0 Å². The molecule has 1 fully saturated rings. The summed E-state index contributed by atoms with van der Waals surface area (Å²) >= 11 is 0. The SMILES string of the molecule is CN(C(=O)c1ccccn1)C1CC2(CCNCC2)c2ccccc21. The number of carbonyl (C=O) groups is 1. The number of benzene rings is 1. The number of fused-ring (bicyclic) bond motifs is 2. The molecule has 2 aromatic rings. The summed E-state index contributed by atoms with van der Waals surface area (Å²) in [6.07, 6.45) is 4.99. The number of pyridine rings is 1. The van der Waals surface area contributed by atoms with Crippen LogP contribution in [0.25, 0.3) is 0 Å². The number of nitrogens with one attached hydrogen (secondary N) is 1. The third kappa shape index (κ3) is 2.42. The molecule has 1 aromatic carbocycles. The largest absolute Gasteiger partial charge is 0.333 e. The Morgan fingerprint density at radius 1 is 1.17 bits per heavy atom. The maximum atomic E-state index is 12.9. The number of carbonyl (C=O) groups excluding carboxylic acids is 1. The van der Waals surface area contributed by atoms with Crippen LogP contribution in [-0.4, -0.2) is 35.9 Å². The van der Waals surface area contributed by atoms with Crippen LogP contribution in [-0.2, 0) is 5.41 Å². The predicted octanol–water partition coefficient (Wildman–Crippen LogP) is 2.92. The molecule has 24 heavy (non-hydrogen) atoms. The van der Waals surface area contributed by atoms with Crippen molar-refractivity contribution in [3.8, 4) is 0 Å². The Bertz CT molecular complexity index is 738. The smallest absolute Gasteiger partial charge is 0.272 e. The number of rotatable bonds is 2. The maximum Gasteiger partial charge on any atom is 0.272 e. The van der Waals surface area contributed by atoms with Crippen molar-refractivity contribution in [1.82, 2.24) is 15.2 Å². The molecule has 2 heterocycles. The fourth-order valence-electron chi connectivity index (χ4n) is 4.40. The van der Waals surface area contributed by atoms with Gasteiger partial charge in [-0.2, -0.15) is 0 Å². The van der Waals surface area contributed by atoms with E-state index in [2.05, 4.69) is 34.6 Å². The number of piperidine rings is 1. The molecular weight excluding hydrogens is 298 g/mol. The molecule has 1 spiro atoms. The minimum Gasteiger partial charge on any atom is -0.333 e. The van der Waals surface area contributed by atoms with Crippen molar-refractivity contribution in [2.45, 2.75) is 30.7 Å². The molecule has 1 unspecified atom stereocenters. The standard InChI is InChI=1S/C20H23N3O/c1-23(19(24)17-8-4-5-11-22-17)18-14-20(9-12-21-13-10-20)16-7-3-2-6-15(16)18/h2-8,11,18,21H,9-10,12-14H2,1H3. The first-order valence-electron chi connectivity index (χ1n) is 8.70. The van der Waals surface area contributed by atoms with E-state index in [1.54, 1.807) is 12.3 Å². The van der Waals surface area contributed by atoms with Gasteiger partial charge in [-0.1, -0.05) is 30.3 Å². The average molecular weight is 321 g/mol. The highest BCUT2D eigenvalue weighted by atomic mass is 16.2. The quantitative estimate of drug-likeness (QED) is 0.925. The molecular formula is C20H23N3O. The number of aromatic nitrogens is 1. The molecule has 1 N–H and O–H groups in total. The second-order valence-electron chi connectivity index (χ2n) is 6.97. The minimum absolute atomic E-state index is 0.00128. The Labute approximate surface area is 142 Å². The molecule has 4 heteroatoms. The van der Waals surface area contributed by atoms with E-state index in [1.807, 2.05) is 24.1 Å². The van der Waals surface area contributed by atoms with Crippen LogP contribution in [0.5, 0.6) is 0 Å². The fraction of sp³-hybridized carbons (Fsp3) is 0.400. The molecule has 0 bridgehead atoms. The molecule has 1 aromatic heterocycles. The molecule has 1 amide bonds. The summed E-state index contributed by atoms with van der Waals surface area (Å²) < 4.78 is 0. The first kappa shape index (κ1) is 15.3. The summed E-state index contributed by atoms with van der Waals surface area (Å²) in [6, 6.07) is 14.3. The van der Waals surface area contributed by atoms with Crippen LogP contribution < -0.4 is 5.32 Å². The zero-order chi connectivity index (χ0) is 16.6. The molecule has 124 valence electrons. The van der Waals surface area contributed by atoms with Crippen LogP contribution in [0.3, 0.4) is 0 Å². The van der Waals surface area contributed by atoms with E-state index in [4.69, 9.17) is 0 Å². The molecule has 1 aliphatic heterocycles. The van der Waals surface area contributed by atoms with E-state index in [9.17, 15) is 4.79 Å². The van der Waals surface area contributed by atoms with Crippen LogP contribution in [0.2, 0.25) is 0 Å². The van der Waals surface area contributed by atoms with Gasteiger partial charge in [0.25, 0.3) is 5.91 Å². The third-order valence-corrected chi connectivity index (χ3v) is 5.71. The van der Waals surface area contributed by atoms with Crippen LogP contribution >= 0.6 is 0 Å². The van der Waals surface area contributed by atoms with Gasteiger partial charge >= 0.3 is 0 Å². The second kappa shape index (κ2) is 6.02. The number of nitrogens with zero attached hydrogens (tertiary/aromatic N) is 2. The van der Waals surface area contributed by atoms with Crippen molar-refractivity contribution in [1.29, 1.82) is 0 Å². The molecule has 2 aliphatic rings. The van der Waals surface area contributed by atoms with Crippen molar-refractivity contribution in [3.63, 3.8) is 0 Å². The van der Waals surface area contributed by atoms with E-state index in [1.165, 1.54) is 11.1 Å². The van der Waals surface area contributed by atoms with Gasteiger partial charge in [-0.05, 0) is 55.6 Å². The summed E-state index contributed by atoms with van der Waals surface area (Å²) in [5, 5.41) is 3.47. The lowest BCUT2D eigenvalue weighted by molar-refractivity contribution is 0.0705. The molecule has 1 aliphatic carbocycles. The zero-order valence-corrected chi connectivity index (χ0v) is 14.0. The number of amides is 1. The maximum absolute atomic E-state index is 12.9. The molecule has 1 saturated heterocycles. The topological polar surface area (TPSA) is 45.2 Å². The van der Waals surface area contributed by atoms with Gasteiger partial charge in [0.15, 0.2) is 0 Å². The third-order valence-electron chi connectivity index (χ3n) is 5.71. The van der Waals surface area contributed by atoms with Crippen molar-refractivity contribution in [2.75, 3.05) is 20.1 Å². The number of hydrogen-bond donors (Lipinski definition) is 1. The Balaban J connectivity index is 1.68. The second-order valence-corrected chi connectivity index (χ2v) is 6.97. The van der Waals surface area contributed by atoms with E-state index in [0.29, 0.717) is 5.69 Å². The van der Waals surface area contributed by atoms with Gasteiger partial charge in [0.05, 0.1) is 6.04 Å². The van der Waals surface area contributed by atoms with Gasteiger partial charge in [-0.15, -0.1) is 0 Å². The highest BCUT2D eigenvalue weighted by Crippen LogP contribution is 2.51. The zero-order valence-electron chi connectivity index (χ0n) is 14.0. The van der Waals surface area contributed by atoms with Gasteiger partial charge < -0.3 is 10.2 Å². The summed E-state index contributed by atoms with van der Waals surface area (Å²) in [4.78, 5) is 19.0. The summed E-state index contributed by atoms with van der Waals surface area (Å²) in [6.45, 7) is 2.11. The van der Waals surface area contributed by atoms with Gasteiger partial charge in [0.1, 0.15) is 5.69 Å². The van der Waals surface area contributed by atoms with Crippen LogP contribution in [0, 0.1) is 0 Å². The molecule has 1 atom stereocenters. The van der Waals surface area contributed by atoms with Crippen molar-refractivity contribution in [3.05, 3.63) is 65.5 Å². The first-order valence-corrected chi connectivity index (χ1v) is 8.70. The molecule has 0 radical (unpaired) electrons. The van der Waals surface area contributed by atoms with Crippen molar-refractivity contribution in [2.24, 2.45) is 0 Å².